The van der Waals surface area contributed by atoms with Crippen molar-refractivity contribution < 1.29 is 4.79 Å². The molecule has 0 bridgehead atoms. The molecule has 1 unspecified atom stereocenters. The van der Waals surface area contributed by atoms with Gasteiger partial charge in [-0.15, -0.1) is 0 Å². The van der Waals surface area contributed by atoms with Gasteiger partial charge in [0, 0.05) is 23.5 Å². The Kier molecular flexibility index (Phi) is 4.96. The van der Waals surface area contributed by atoms with Crippen molar-refractivity contribution in [2.24, 2.45) is 5.92 Å². The largest absolute Gasteiger partial charge is 0.335 e. The Morgan fingerprint density at radius 2 is 2.10 bits per heavy atom. The summed E-state index contributed by atoms with van der Waals surface area (Å²) >= 11 is 3.59. The number of carbonyl (C=O) groups excluding carboxylic acids is 1. The minimum atomic E-state index is 0.333. The first kappa shape index (κ1) is 15.0. The normalized spacial score (nSPS) is 21.5. The molecule has 1 aliphatic heterocycles. The van der Waals surface area contributed by atoms with Crippen LogP contribution < -0.4 is 5.32 Å². The smallest absolute Gasteiger partial charge is 0.223 e. The summed E-state index contributed by atoms with van der Waals surface area (Å²) in [5.74, 6) is 1.03. The zero-order valence-corrected chi connectivity index (χ0v) is 13.9. The molecular weight excluding hydrogens is 328 g/mol. The van der Waals surface area contributed by atoms with E-state index in [0.29, 0.717) is 24.3 Å². The maximum Gasteiger partial charge on any atom is 0.223 e. The zero-order valence-electron chi connectivity index (χ0n) is 12.4. The van der Waals surface area contributed by atoms with Crippen molar-refractivity contribution in [2.45, 2.75) is 44.7 Å². The van der Waals surface area contributed by atoms with Gasteiger partial charge >= 0.3 is 0 Å². The molecule has 2 aliphatic rings. The quantitative estimate of drug-likeness (QED) is 0.853. The standard InChI is InChI=1S/C17H23BrN2O/c18-16-4-2-1-3-14(16)12-20(15-6-7-15)17(21)8-5-13-9-10-19-11-13/h1-4,13,15,19H,5-12H2. The summed E-state index contributed by atoms with van der Waals surface area (Å²) in [5.41, 5.74) is 1.21. The van der Waals surface area contributed by atoms with Gasteiger partial charge in [0.05, 0.1) is 0 Å². The van der Waals surface area contributed by atoms with Crippen LogP contribution in [0.15, 0.2) is 28.7 Å². The number of carbonyl (C=O) groups is 1. The number of benzene rings is 1. The van der Waals surface area contributed by atoms with Gasteiger partial charge in [0.15, 0.2) is 0 Å². The van der Waals surface area contributed by atoms with Crippen LogP contribution in [0.5, 0.6) is 0 Å². The summed E-state index contributed by atoms with van der Waals surface area (Å²) in [6.07, 6.45) is 5.29. The van der Waals surface area contributed by atoms with Crippen LogP contribution >= 0.6 is 15.9 Å². The van der Waals surface area contributed by atoms with Crippen LogP contribution in [0.25, 0.3) is 0 Å². The lowest BCUT2D eigenvalue weighted by Gasteiger charge is -2.24. The molecule has 3 nitrogen and oxygen atoms in total. The third-order valence-corrected chi connectivity index (χ3v) is 5.31. The number of hydrogen-bond donors (Lipinski definition) is 1. The van der Waals surface area contributed by atoms with E-state index in [1.165, 1.54) is 24.8 Å². The van der Waals surface area contributed by atoms with Crippen LogP contribution in [0.4, 0.5) is 0 Å². The molecule has 1 aromatic rings. The molecule has 1 N–H and O–H groups in total. The number of halogens is 1. The number of rotatable bonds is 6. The minimum Gasteiger partial charge on any atom is -0.335 e. The van der Waals surface area contributed by atoms with E-state index in [-0.39, 0.29) is 0 Å². The van der Waals surface area contributed by atoms with Crippen molar-refractivity contribution in [2.75, 3.05) is 13.1 Å². The molecular formula is C17H23BrN2O. The fourth-order valence-corrected chi connectivity index (χ4v) is 3.46. The van der Waals surface area contributed by atoms with E-state index in [1.54, 1.807) is 0 Å². The molecule has 2 fully saturated rings. The Morgan fingerprint density at radius 3 is 2.76 bits per heavy atom. The second-order valence-electron chi connectivity index (χ2n) is 6.24. The van der Waals surface area contributed by atoms with Crippen LogP contribution in [0.2, 0.25) is 0 Å². The van der Waals surface area contributed by atoms with Crippen molar-refractivity contribution in [3.63, 3.8) is 0 Å². The highest BCUT2D eigenvalue weighted by atomic mass is 79.9. The summed E-state index contributed by atoms with van der Waals surface area (Å²) in [6, 6.07) is 8.69. The summed E-state index contributed by atoms with van der Waals surface area (Å²) in [7, 11) is 0. The molecule has 1 aliphatic carbocycles. The maximum absolute atomic E-state index is 12.6. The Morgan fingerprint density at radius 1 is 1.29 bits per heavy atom. The molecule has 4 heteroatoms. The van der Waals surface area contributed by atoms with E-state index < -0.39 is 0 Å². The average molecular weight is 351 g/mol. The SMILES string of the molecule is O=C(CCC1CCNC1)N(Cc1ccccc1Br)C1CC1. The Hall–Kier alpha value is -0.870. The first-order valence-corrected chi connectivity index (χ1v) is 8.77. The van der Waals surface area contributed by atoms with Gasteiger partial charge in [-0.1, -0.05) is 34.1 Å². The molecule has 0 spiro atoms. The van der Waals surface area contributed by atoms with Crippen LogP contribution in [0.1, 0.15) is 37.7 Å². The highest BCUT2D eigenvalue weighted by molar-refractivity contribution is 9.10. The predicted molar refractivity (Wildman–Crippen MR) is 87.9 cm³/mol. The van der Waals surface area contributed by atoms with Gasteiger partial charge in [0.25, 0.3) is 0 Å². The molecule has 1 amide bonds. The Labute approximate surface area is 135 Å². The van der Waals surface area contributed by atoms with Crippen LogP contribution in [-0.2, 0) is 11.3 Å². The van der Waals surface area contributed by atoms with Crippen molar-refractivity contribution in [3.8, 4) is 0 Å². The second kappa shape index (κ2) is 6.93. The van der Waals surface area contributed by atoms with Gasteiger partial charge < -0.3 is 10.2 Å². The molecule has 0 aromatic heterocycles. The van der Waals surface area contributed by atoms with E-state index >= 15 is 0 Å². The number of amides is 1. The maximum atomic E-state index is 12.6. The summed E-state index contributed by atoms with van der Waals surface area (Å²) < 4.78 is 1.10. The van der Waals surface area contributed by atoms with Crippen LogP contribution in [-0.4, -0.2) is 29.9 Å². The second-order valence-corrected chi connectivity index (χ2v) is 7.10. The predicted octanol–water partition coefficient (Wildman–Crippen LogP) is 3.33. The van der Waals surface area contributed by atoms with Gasteiger partial charge in [0.2, 0.25) is 5.91 Å². The van der Waals surface area contributed by atoms with Crippen molar-refractivity contribution in [1.82, 2.24) is 10.2 Å². The van der Waals surface area contributed by atoms with E-state index in [1.807, 2.05) is 12.1 Å². The minimum absolute atomic E-state index is 0.333. The molecule has 1 aromatic carbocycles. The van der Waals surface area contributed by atoms with E-state index in [4.69, 9.17) is 0 Å². The topological polar surface area (TPSA) is 32.3 Å². The first-order valence-electron chi connectivity index (χ1n) is 7.97. The summed E-state index contributed by atoms with van der Waals surface area (Å²) in [5, 5.41) is 3.38. The van der Waals surface area contributed by atoms with Gasteiger partial charge in [-0.05, 0) is 56.3 Å². The first-order chi connectivity index (χ1) is 10.2. The van der Waals surface area contributed by atoms with E-state index in [9.17, 15) is 4.79 Å². The lowest BCUT2D eigenvalue weighted by molar-refractivity contribution is -0.132. The molecule has 1 heterocycles. The number of nitrogens with zero attached hydrogens (tertiary/aromatic N) is 1. The zero-order chi connectivity index (χ0) is 14.7. The number of hydrogen-bond acceptors (Lipinski definition) is 2. The highest BCUT2D eigenvalue weighted by Crippen LogP contribution is 2.31. The molecule has 0 radical (unpaired) electrons. The Balaban J connectivity index is 1.58. The molecule has 1 saturated carbocycles. The van der Waals surface area contributed by atoms with Crippen molar-refractivity contribution >= 4 is 21.8 Å². The fraction of sp³-hybridized carbons (Fsp3) is 0.588. The monoisotopic (exact) mass is 350 g/mol. The van der Waals surface area contributed by atoms with Crippen LogP contribution in [0, 0.1) is 5.92 Å². The fourth-order valence-electron chi connectivity index (χ4n) is 3.05. The highest BCUT2D eigenvalue weighted by Gasteiger charge is 2.32. The Bertz CT molecular complexity index is 495. The number of nitrogens with one attached hydrogen (secondary N) is 1. The lowest BCUT2D eigenvalue weighted by atomic mass is 10.0. The van der Waals surface area contributed by atoms with Gasteiger partial charge in [0.1, 0.15) is 0 Å². The molecule has 1 saturated heterocycles. The third-order valence-electron chi connectivity index (χ3n) is 4.54. The summed E-state index contributed by atoms with van der Waals surface area (Å²) in [6.45, 7) is 2.94. The van der Waals surface area contributed by atoms with Gasteiger partial charge in [-0.2, -0.15) is 0 Å². The van der Waals surface area contributed by atoms with Crippen molar-refractivity contribution in [3.05, 3.63) is 34.3 Å². The average Bonchev–Trinajstić information content (AvgIpc) is 3.19. The van der Waals surface area contributed by atoms with E-state index in [2.05, 4.69) is 38.3 Å². The third kappa shape index (κ3) is 4.07. The molecule has 114 valence electrons. The molecule has 21 heavy (non-hydrogen) atoms. The summed E-state index contributed by atoms with van der Waals surface area (Å²) in [4.78, 5) is 14.7. The van der Waals surface area contributed by atoms with Gasteiger partial charge in [-0.3, -0.25) is 4.79 Å². The van der Waals surface area contributed by atoms with Gasteiger partial charge in [-0.25, -0.2) is 0 Å². The van der Waals surface area contributed by atoms with E-state index in [0.717, 1.165) is 30.5 Å². The lowest BCUT2D eigenvalue weighted by Crippen LogP contribution is -2.33. The molecule has 1 atom stereocenters. The van der Waals surface area contributed by atoms with Crippen molar-refractivity contribution in [1.29, 1.82) is 0 Å². The van der Waals surface area contributed by atoms with Crippen LogP contribution in [0.3, 0.4) is 0 Å². The molecule has 3 rings (SSSR count).